The molecule has 0 aliphatic rings. The average Bonchev–Trinajstić information content (AvgIpc) is 2.37. The molecule has 0 aliphatic heterocycles. The van der Waals surface area contributed by atoms with Crippen molar-refractivity contribution in [2.24, 2.45) is 0 Å². The molecule has 1 rings (SSSR count). The highest BCUT2D eigenvalue weighted by Crippen LogP contribution is 2.29. The van der Waals surface area contributed by atoms with E-state index in [2.05, 4.69) is 0 Å². The number of carbonyl (C=O) groups is 2. The largest absolute Gasteiger partial charge is 0.478 e. The standard InChI is InChI=1S/C11H12Cl2N2O5S/c1-15(2)9(16)5-14-21(19,20)8-4-6(12)3-7(10(8)13)11(17)18/h3-4,14H,5H2,1-2H3,(H,17,18). The second kappa shape index (κ2) is 6.61. The van der Waals surface area contributed by atoms with Crippen molar-refractivity contribution in [1.82, 2.24) is 9.62 Å². The van der Waals surface area contributed by atoms with Crippen LogP contribution in [0.3, 0.4) is 0 Å². The lowest BCUT2D eigenvalue weighted by Gasteiger charge is -2.13. The Kier molecular flexibility index (Phi) is 5.57. The van der Waals surface area contributed by atoms with Crippen LogP contribution >= 0.6 is 23.2 Å². The second-order valence-corrected chi connectivity index (χ2v) is 6.73. The third kappa shape index (κ3) is 4.31. The number of nitrogens with zero attached hydrogens (tertiary/aromatic N) is 1. The molecule has 0 spiro atoms. The van der Waals surface area contributed by atoms with Crippen LogP contribution < -0.4 is 4.72 Å². The number of benzene rings is 1. The summed E-state index contributed by atoms with van der Waals surface area (Å²) in [4.78, 5) is 23.1. The Morgan fingerprint density at radius 3 is 2.33 bits per heavy atom. The molecular formula is C11H12Cl2N2O5S. The number of aromatic carboxylic acids is 1. The van der Waals surface area contributed by atoms with E-state index in [1.807, 2.05) is 4.72 Å². The highest BCUT2D eigenvalue weighted by atomic mass is 35.5. The van der Waals surface area contributed by atoms with Gasteiger partial charge in [-0.15, -0.1) is 0 Å². The summed E-state index contributed by atoms with van der Waals surface area (Å²) in [5.74, 6) is -1.89. The molecule has 0 heterocycles. The zero-order valence-corrected chi connectivity index (χ0v) is 13.4. The summed E-state index contributed by atoms with van der Waals surface area (Å²) < 4.78 is 26.2. The van der Waals surface area contributed by atoms with Gasteiger partial charge < -0.3 is 10.0 Å². The molecule has 0 aliphatic carbocycles. The highest BCUT2D eigenvalue weighted by Gasteiger charge is 2.24. The number of halogens is 2. The minimum atomic E-state index is -4.18. The van der Waals surface area contributed by atoms with Crippen LogP contribution in [0.2, 0.25) is 10.0 Å². The third-order valence-electron chi connectivity index (χ3n) is 2.44. The van der Waals surface area contributed by atoms with Crippen molar-refractivity contribution in [2.75, 3.05) is 20.6 Å². The topological polar surface area (TPSA) is 104 Å². The summed E-state index contributed by atoms with van der Waals surface area (Å²) in [6.45, 7) is -0.486. The monoisotopic (exact) mass is 354 g/mol. The molecule has 1 amide bonds. The first-order chi connectivity index (χ1) is 9.56. The fourth-order valence-corrected chi connectivity index (χ4v) is 3.18. The van der Waals surface area contributed by atoms with Crippen molar-refractivity contribution in [1.29, 1.82) is 0 Å². The van der Waals surface area contributed by atoms with Gasteiger partial charge in [-0.2, -0.15) is 0 Å². The second-order valence-electron chi connectivity index (χ2n) is 4.18. The Morgan fingerprint density at radius 1 is 1.29 bits per heavy atom. The van der Waals surface area contributed by atoms with E-state index in [1.54, 1.807) is 0 Å². The number of hydrogen-bond acceptors (Lipinski definition) is 4. The number of amides is 1. The lowest BCUT2D eigenvalue weighted by Crippen LogP contribution is -2.36. The van der Waals surface area contributed by atoms with Crippen molar-refractivity contribution in [3.63, 3.8) is 0 Å². The van der Waals surface area contributed by atoms with Gasteiger partial charge in [0, 0.05) is 19.1 Å². The zero-order chi connectivity index (χ0) is 16.4. The van der Waals surface area contributed by atoms with E-state index in [1.165, 1.54) is 19.0 Å². The first-order valence-corrected chi connectivity index (χ1v) is 7.72. The molecule has 0 unspecified atom stereocenters. The maximum atomic E-state index is 12.1. The third-order valence-corrected chi connectivity index (χ3v) is 4.60. The van der Waals surface area contributed by atoms with Gasteiger partial charge in [-0.05, 0) is 12.1 Å². The molecular weight excluding hydrogens is 343 g/mol. The summed E-state index contributed by atoms with van der Waals surface area (Å²) in [7, 11) is -1.25. The van der Waals surface area contributed by atoms with E-state index in [0.717, 1.165) is 12.1 Å². The molecule has 2 N–H and O–H groups in total. The van der Waals surface area contributed by atoms with E-state index >= 15 is 0 Å². The molecule has 0 atom stereocenters. The molecule has 1 aromatic carbocycles. The summed E-state index contributed by atoms with van der Waals surface area (Å²) in [5, 5.41) is 8.38. The van der Waals surface area contributed by atoms with E-state index in [4.69, 9.17) is 28.3 Å². The Morgan fingerprint density at radius 2 is 1.86 bits per heavy atom. The SMILES string of the molecule is CN(C)C(=O)CNS(=O)(=O)c1cc(Cl)cc(C(=O)O)c1Cl. The minimum absolute atomic E-state index is 0.101. The van der Waals surface area contributed by atoms with Gasteiger partial charge in [-0.1, -0.05) is 23.2 Å². The molecule has 1 aromatic rings. The smallest absolute Gasteiger partial charge is 0.337 e. The number of carboxylic acid groups (broad SMARTS) is 1. The Bertz CT molecular complexity index is 688. The predicted octanol–water partition coefficient (Wildman–Crippen LogP) is 1.06. The fourth-order valence-electron chi connectivity index (χ4n) is 1.31. The first-order valence-electron chi connectivity index (χ1n) is 5.48. The van der Waals surface area contributed by atoms with Crippen molar-refractivity contribution in [3.05, 3.63) is 27.7 Å². The van der Waals surface area contributed by atoms with Crippen LogP contribution in [0, 0.1) is 0 Å². The number of nitrogens with one attached hydrogen (secondary N) is 1. The maximum Gasteiger partial charge on any atom is 0.337 e. The summed E-state index contributed by atoms with van der Waals surface area (Å²) >= 11 is 11.5. The molecule has 0 saturated carbocycles. The Balaban J connectivity index is 3.20. The van der Waals surface area contributed by atoms with Crippen molar-refractivity contribution < 1.29 is 23.1 Å². The summed E-state index contributed by atoms with van der Waals surface area (Å²) in [5.41, 5.74) is -0.441. The number of likely N-dealkylation sites (N-methyl/N-ethyl adjacent to an activating group) is 1. The number of hydrogen-bond donors (Lipinski definition) is 2. The Labute approximate surface area is 131 Å². The van der Waals surface area contributed by atoms with Crippen molar-refractivity contribution in [3.8, 4) is 0 Å². The maximum absolute atomic E-state index is 12.1. The van der Waals surface area contributed by atoms with Crippen LogP contribution in [0.4, 0.5) is 0 Å². The fraction of sp³-hybridized carbons (Fsp3) is 0.273. The average molecular weight is 355 g/mol. The van der Waals surface area contributed by atoms with Crippen LogP contribution in [0.25, 0.3) is 0 Å². The normalized spacial score (nSPS) is 11.2. The number of sulfonamides is 1. The van der Waals surface area contributed by atoms with E-state index in [0.29, 0.717) is 0 Å². The lowest BCUT2D eigenvalue weighted by atomic mass is 10.2. The van der Waals surface area contributed by atoms with Gasteiger partial charge in [0.2, 0.25) is 15.9 Å². The van der Waals surface area contributed by atoms with Gasteiger partial charge in [0.05, 0.1) is 17.1 Å². The van der Waals surface area contributed by atoms with Gasteiger partial charge in [0.25, 0.3) is 0 Å². The molecule has 0 fully saturated rings. The van der Waals surface area contributed by atoms with E-state index < -0.39 is 43.9 Å². The molecule has 116 valence electrons. The molecule has 0 radical (unpaired) electrons. The van der Waals surface area contributed by atoms with Gasteiger partial charge in [0.15, 0.2) is 0 Å². The zero-order valence-electron chi connectivity index (χ0n) is 11.1. The number of rotatable bonds is 5. The van der Waals surface area contributed by atoms with Crippen LogP contribution in [0.5, 0.6) is 0 Å². The first kappa shape index (κ1) is 17.7. The molecule has 0 aromatic heterocycles. The van der Waals surface area contributed by atoms with Crippen LogP contribution in [-0.2, 0) is 14.8 Å². The van der Waals surface area contributed by atoms with Crippen LogP contribution in [0.1, 0.15) is 10.4 Å². The minimum Gasteiger partial charge on any atom is -0.478 e. The van der Waals surface area contributed by atoms with Crippen LogP contribution in [-0.4, -0.2) is 50.9 Å². The van der Waals surface area contributed by atoms with Gasteiger partial charge in [0.1, 0.15) is 4.90 Å². The molecule has 0 bridgehead atoms. The molecule has 10 heteroatoms. The summed E-state index contributed by atoms with van der Waals surface area (Å²) in [6, 6.07) is 2.05. The number of carbonyl (C=O) groups excluding carboxylic acids is 1. The predicted molar refractivity (Wildman–Crippen MR) is 77.3 cm³/mol. The van der Waals surface area contributed by atoms with Crippen molar-refractivity contribution in [2.45, 2.75) is 4.90 Å². The van der Waals surface area contributed by atoms with Gasteiger partial charge >= 0.3 is 5.97 Å². The molecule has 0 saturated heterocycles. The van der Waals surface area contributed by atoms with E-state index in [-0.39, 0.29) is 5.02 Å². The van der Waals surface area contributed by atoms with E-state index in [9.17, 15) is 18.0 Å². The number of carboxylic acids is 1. The molecule has 21 heavy (non-hydrogen) atoms. The molecule has 7 nitrogen and oxygen atoms in total. The van der Waals surface area contributed by atoms with Gasteiger partial charge in [-0.25, -0.2) is 17.9 Å². The van der Waals surface area contributed by atoms with Gasteiger partial charge in [-0.3, -0.25) is 4.79 Å². The summed E-state index contributed by atoms with van der Waals surface area (Å²) in [6.07, 6.45) is 0. The van der Waals surface area contributed by atoms with Crippen molar-refractivity contribution >= 4 is 45.1 Å². The highest BCUT2D eigenvalue weighted by molar-refractivity contribution is 7.89. The quantitative estimate of drug-likeness (QED) is 0.822. The Hall–Kier alpha value is -1.35. The van der Waals surface area contributed by atoms with Crippen LogP contribution in [0.15, 0.2) is 17.0 Å². The lowest BCUT2D eigenvalue weighted by molar-refractivity contribution is -0.127.